The molecular weight excluding hydrogens is 366 g/mol. The summed E-state index contributed by atoms with van der Waals surface area (Å²) >= 11 is 0. The molecular formula is C23H23N3O3. The van der Waals surface area contributed by atoms with Gasteiger partial charge in [0.1, 0.15) is 17.3 Å². The Bertz CT molecular complexity index is 1020. The summed E-state index contributed by atoms with van der Waals surface area (Å²) in [6, 6.07) is 17.4. The molecule has 0 aliphatic carbocycles. The van der Waals surface area contributed by atoms with Crippen LogP contribution in [0.3, 0.4) is 0 Å². The number of ether oxygens (including phenoxy) is 2. The van der Waals surface area contributed by atoms with E-state index in [-0.39, 0.29) is 5.91 Å². The Morgan fingerprint density at radius 1 is 1.03 bits per heavy atom. The zero-order valence-electron chi connectivity index (χ0n) is 16.5. The third-order valence-electron chi connectivity index (χ3n) is 5.12. The van der Waals surface area contributed by atoms with Gasteiger partial charge in [-0.15, -0.1) is 0 Å². The summed E-state index contributed by atoms with van der Waals surface area (Å²) in [5.41, 5.74) is 3.75. The molecule has 3 aromatic rings. The van der Waals surface area contributed by atoms with Gasteiger partial charge in [-0.3, -0.25) is 4.79 Å². The summed E-state index contributed by atoms with van der Waals surface area (Å²) < 4.78 is 10.5. The van der Waals surface area contributed by atoms with Crippen molar-refractivity contribution in [3.8, 4) is 11.5 Å². The predicted molar refractivity (Wildman–Crippen MR) is 113 cm³/mol. The van der Waals surface area contributed by atoms with Crippen molar-refractivity contribution in [2.24, 2.45) is 0 Å². The van der Waals surface area contributed by atoms with Crippen molar-refractivity contribution in [1.82, 2.24) is 4.98 Å². The predicted octanol–water partition coefficient (Wildman–Crippen LogP) is 3.91. The number of amides is 1. The van der Waals surface area contributed by atoms with Crippen LogP contribution in [0.2, 0.25) is 0 Å². The fourth-order valence-electron chi connectivity index (χ4n) is 3.50. The highest BCUT2D eigenvalue weighted by Gasteiger charge is 2.18. The summed E-state index contributed by atoms with van der Waals surface area (Å²) in [5.74, 6) is 1.82. The first kappa shape index (κ1) is 18.8. The van der Waals surface area contributed by atoms with Crippen LogP contribution in [0.25, 0.3) is 0 Å². The highest BCUT2D eigenvalue weighted by Crippen LogP contribution is 2.29. The smallest absolute Gasteiger partial charge is 0.257 e. The van der Waals surface area contributed by atoms with E-state index >= 15 is 0 Å². The number of hydrogen-bond donors (Lipinski definition) is 1. The first-order valence-corrected chi connectivity index (χ1v) is 9.49. The number of methoxy groups -OCH3 is 2. The molecule has 4 rings (SSSR count). The summed E-state index contributed by atoms with van der Waals surface area (Å²) in [5, 5.41) is 2.87. The van der Waals surface area contributed by atoms with Crippen molar-refractivity contribution in [2.45, 2.75) is 13.0 Å². The molecule has 1 N–H and O–H groups in total. The lowest BCUT2D eigenvalue weighted by molar-refractivity contribution is 0.102. The van der Waals surface area contributed by atoms with Crippen LogP contribution in [0.1, 0.15) is 21.5 Å². The second-order valence-electron chi connectivity index (χ2n) is 6.87. The zero-order valence-corrected chi connectivity index (χ0v) is 16.5. The Hall–Kier alpha value is -3.54. The van der Waals surface area contributed by atoms with Gasteiger partial charge in [0.25, 0.3) is 5.91 Å². The van der Waals surface area contributed by atoms with Crippen molar-refractivity contribution < 1.29 is 14.3 Å². The molecule has 0 atom stereocenters. The highest BCUT2D eigenvalue weighted by molar-refractivity contribution is 6.05. The van der Waals surface area contributed by atoms with E-state index in [4.69, 9.17) is 9.47 Å². The summed E-state index contributed by atoms with van der Waals surface area (Å²) in [6.45, 7) is 1.74. The zero-order chi connectivity index (χ0) is 20.2. The monoisotopic (exact) mass is 389 g/mol. The lowest BCUT2D eigenvalue weighted by atomic mass is 10.00. The van der Waals surface area contributed by atoms with Gasteiger partial charge in [-0.05, 0) is 41.8 Å². The molecule has 6 heteroatoms. The minimum Gasteiger partial charge on any atom is -0.497 e. The van der Waals surface area contributed by atoms with Gasteiger partial charge < -0.3 is 19.7 Å². The van der Waals surface area contributed by atoms with Gasteiger partial charge in [0, 0.05) is 25.4 Å². The molecule has 1 aliphatic rings. The van der Waals surface area contributed by atoms with Crippen LogP contribution in [-0.2, 0) is 13.0 Å². The molecule has 1 aromatic heterocycles. The maximum Gasteiger partial charge on any atom is 0.257 e. The van der Waals surface area contributed by atoms with E-state index in [0.29, 0.717) is 22.7 Å². The third kappa shape index (κ3) is 4.01. The largest absolute Gasteiger partial charge is 0.497 e. The topological polar surface area (TPSA) is 63.7 Å². The number of anilines is 2. The van der Waals surface area contributed by atoms with Crippen LogP contribution in [0, 0.1) is 0 Å². The minimum absolute atomic E-state index is 0.250. The number of carbonyl (C=O) groups excluding carboxylic acids is 1. The highest BCUT2D eigenvalue weighted by atomic mass is 16.5. The molecule has 1 aliphatic heterocycles. The Balaban J connectivity index is 1.48. The molecule has 148 valence electrons. The van der Waals surface area contributed by atoms with Crippen LogP contribution >= 0.6 is 0 Å². The molecule has 1 amide bonds. The summed E-state index contributed by atoms with van der Waals surface area (Å²) in [4.78, 5) is 19.4. The number of nitrogens with one attached hydrogen (secondary N) is 1. The van der Waals surface area contributed by atoms with Crippen LogP contribution in [0.4, 0.5) is 11.5 Å². The number of fused-ring (bicyclic) bond motifs is 1. The van der Waals surface area contributed by atoms with E-state index < -0.39 is 0 Å². The average molecular weight is 389 g/mol. The average Bonchev–Trinajstić information content (AvgIpc) is 2.78. The first-order valence-electron chi connectivity index (χ1n) is 9.49. The van der Waals surface area contributed by atoms with Crippen molar-refractivity contribution in [2.75, 3.05) is 31.0 Å². The molecule has 0 saturated heterocycles. The quantitative estimate of drug-likeness (QED) is 0.717. The van der Waals surface area contributed by atoms with Crippen LogP contribution in [0.15, 0.2) is 60.8 Å². The number of carbonyl (C=O) groups is 1. The maximum absolute atomic E-state index is 12.7. The van der Waals surface area contributed by atoms with E-state index in [2.05, 4.69) is 39.5 Å². The molecule has 0 radical (unpaired) electrons. The van der Waals surface area contributed by atoms with Gasteiger partial charge in [-0.25, -0.2) is 4.98 Å². The number of benzene rings is 2. The first-order chi connectivity index (χ1) is 14.2. The molecule has 0 spiro atoms. The lowest BCUT2D eigenvalue weighted by Gasteiger charge is -2.29. The molecule has 0 saturated carbocycles. The number of rotatable bonds is 5. The molecule has 2 aromatic carbocycles. The third-order valence-corrected chi connectivity index (χ3v) is 5.12. The van der Waals surface area contributed by atoms with E-state index in [1.165, 1.54) is 11.1 Å². The maximum atomic E-state index is 12.7. The Labute approximate surface area is 170 Å². The fraction of sp³-hybridized carbons (Fsp3) is 0.217. The lowest BCUT2D eigenvalue weighted by Crippen LogP contribution is -2.31. The molecule has 6 nitrogen and oxygen atoms in total. The van der Waals surface area contributed by atoms with Crippen LogP contribution < -0.4 is 19.7 Å². The standard InChI is InChI=1S/C23H23N3O3/c1-28-19-8-9-21(29-2)20(13-19)25-23(27)17-7-10-22(24-14-17)26-12-11-16-5-3-4-6-18(16)15-26/h3-10,13-14H,11-12,15H2,1-2H3,(H,25,27). The molecule has 0 unspecified atom stereocenters. The summed E-state index contributed by atoms with van der Waals surface area (Å²) in [6.07, 6.45) is 2.60. The number of nitrogens with zero attached hydrogens (tertiary/aromatic N) is 2. The van der Waals surface area contributed by atoms with Crippen molar-refractivity contribution >= 4 is 17.4 Å². The van der Waals surface area contributed by atoms with E-state index in [1.54, 1.807) is 44.7 Å². The molecule has 29 heavy (non-hydrogen) atoms. The fourth-order valence-corrected chi connectivity index (χ4v) is 3.50. The second-order valence-corrected chi connectivity index (χ2v) is 6.87. The normalized spacial score (nSPS) is 12.8. The minimum atomic E-state index is -0.250. The Morgan fingerprint density at radius 3 is 2.59 bits per heavy atom. The van der Waals surface area contributed by atoms with E-state index in [0.717, 1.165) is 25.3 Å². The van der Waals surface area contributed by atoms with Crippen molar-refractivity contribution in [3.05, 3.63) is 77.5 Å². The SMILES string of the molecule is COc1ccc(OC)c(NC(=O)c2ccc(N3CCc4ccccc4C3)nc2)c1. The van der Waals surface area contributed by atoms with Gasteiger partial charge in [-0.1, -0.05) is 24.3 Å². The van der Waals surface area contributed by atoms with Gasteiger partial charge in [-0.2, -0.15) is 0 Å². The number of pyridine rings is 1. The Kier molecular flexibility index (Phi) is 5.33. The van der Waals surface area contributed by atoms with E-state index in [9.17, 15) is 4.79 Å². The van der Waals surface area contributed by atoms with Crippen molar-refractivity contribution in [3.63, 3.8) is 0 Å². The van der Waals surface area contributed by atoms with Crippen LogP contribution in [0.5, 0.6) is 11.5 Å². The molecule has 2 heterocycles. The summed E-state index contributed by atoms with van der Waals surface area (Å²) in [7, 11) is 3.14. The van der Waals surface area contributed by atoms with Crippen molar-refractivity contribution in [1.29, 1.82) is 0 Å². The van der Waals surface area contributed by atoms with Gasteiger partial charge in [0.05, 0.1) is 25.5 Å². The second kappa shape index (κ2) is 8.22. The van der Waals surface area contributed by atoms with Gasteiger partial charge in [0.15, 0.2) is 0 Å². The number of aromatic nitrogens is 1. The van der Waals surface area contributed by atoms with E-state index in [1.807, 2.05) is 6.07 Å². The number of hydrogen-bond acceptors (Lipinski definition) is 5. The molecule has 0 fully saturated rings. The van der Waals surface area contributed by atoms with Crippen LogP contribution in [-0.4, -0.2) is 31.7 Å². The Morgan fingerprint density at radius 2 is 1.86 bits per heavy atom. The van der Waals surface area contributed by atoms with Gasteiger partial charge in [0.2, 0.25) is 0 Å². The molecule has 0 bridgehead atoms. The van der Waals surface area contributed by atoms with Gasteiger partial charge >= 0.3 is 0 Å².